The summed E-state index contributed by atoms with van der Waals surface area (Å²) in [4.78, 5) is 10.5. The summed E-state index contributed by atoms with van der Waals surface area (Å²) in [6.45, 7) is 15.8. The van der Waals surface area contributed by atoms with Gasteiger partial charge in [0.05, 0.1) is 16.7 Å². The van der Waals surface area contributed by atoms with Gasteiger partial charge in [-0.15, -0.1) is 0 Å². The van der Waals surface area contributed by atoms with Crippen molar-refractivity contribution < 1.29 is 0 Å². The highest BCUT2D eigenvalue weighted by atomic mass is 15.0. The van der Waals surface area contributed by atoms with Crippen LogP contribution in [0.25, 0.3) is 38.8 Å². The van der Waals surface area contributed by atoms with E-state index >= 15 is 0 Å². The number of imidazole rings is 1. The second-order valence-electron chi connectivity index (χ2n) is 10.8. The van der Waals surface area contributed by atoms with Crippen LogP contribution in [-0.2, 0) is 5.41 Å². The Morgan fingerprint density at radius 1 is 0.788 bits per heavy atom. The zero-order valence-electron chi connectivity index (χ0n) is 20.8. The van der Waals surface area contributed by atoms with E-state index in [1.54, 1.807) is 0 Å². The van der Waals surface area contributed by atoms with Gasteiger partial charge < -0.3 is 0 Å². The number of pyridine rings is 2. The fourth-order valence-corrected chi connectivity index (χ4v) is 4.87. The molecule has 0 aliphatic rings. The molecule has 3 nitrogen and oxygen atoms in total. The number of aromatic nitrogens is 3. The van der Waals surface area contributed by atoms with E-state index in [2.05, 4.69) is 114 Å². The van der Waals surface area contributed by atoms with Crippen LogP contribution in [0.4, 0.5) is 0 Å². The lowest BCUT2D eigenvalue weighted by Crippen LogP contribution is -2.11. The minimum atomic E-state index is 0.0584. The second-order valence-corrected chi connectivity index (χ2v) is 10.8. The van der Waals surface area contributed by atoms with Gasteiger partial charge >= 0.3 is 0 Å². The first-order valence-electron chi connectivity index (χ1n) is 12.0. The van der Waals surface area contributed by atoms with Crippen molar-refractivity contribution in [2.75, 3.05) is 0 Å². The Morgan fingerprint density at radius 2 is 1.48 bits per heavy atom. The standard InChI is InChI=1S/C30H33N3/c1-18(2)21-11-10-12-22(19(3)4)26(21)28-29-27(32-25-13-8-9-16-33(25)29)23-15-14-20(30(5,6)7)17-24(23)31-28/h8-19H,1-7H3. The maximum Gasteiger partial charge on any atom is 0.137 e. The Hall–Kier alpha value is -3.20. The Balaban J connectivity index is 2.01. The molecule has 0 aliphatic carbocycles. The molecule has 0 saturated heterocycles. The molecule has 0 aliphatic heterocycles. The zero-order chi connectivity index (χ0) is 23.5. The molecule has 0 atom stereocenters. The van der Waals surface area contributed by atoms with Crippen molar-refractivity contribution in [1.29, 1.82) is 0 Å². The molecule has 0 spiro atoms. The molecule has 0 bridgehead atoms. The first-order valence-corrected chi connectivity index (χ1v) is 12.0. The van der Waals surface area contributed by atoms with E-state index in [0.29, 0.717) is 11.8 Å². The van der Waals surface area contributed by atoms with Gasteiger partial charge in [0.25, 0.3) is 0 Å². The molecule has 0 fully saturated rings. The quantitative estimate of drug-likeness (QED) is 0.285. The third-order valence-corrected chi connectivity index (χ3v) is 6.72. The Kier molecular flexibility index (Phi) is 5.04. The average molecular weight is 436 g/mol. The fourth-order valence-electron chi connectivity index (χ4n) is 4.87. The van der Waals surface area contributed by atoms with Gasteiger partial charge in [-0.2, -0.15) is 0 Å². The third kappa shape index (κ3) is 3.51. The van der Waals surface area contributed by atoms with Crippen LogP contribution in [0.1, 0.15) is 77.0 Å². The lowest BCUT2D eigenvalue weighted by molar-refractivity contribution is 0.591. The van der Waals surface area contributed by atoms with E-state index in [1.165, 1.54) is 22.3 Å². The number of fused-ring (bicyclic) bond motifs is 5. The van der Waals surface area contributed by atoms with Crippen LogP contribution in [0.15, 0.2) is 60.8 Å². The summed E-state index contributed by atoms with van der Waals surface area (Å²) in [6, 6.07) is 19.6. The Morgan fingerprint density at radius 3 is 2.12 bits per heavy atom. The van der Waals surface area contributed by atoms with Crippen LogP contribution >= 0.6 is 0 Å². The monoisotopic (exact) mass is 435 g/mol. The molecule has 0 radical (unpaired) electrons. The predicted molar refractivity (Wildman–Crippen MR) is 140 cm³/mol. The molecule has 5 aromatic rings. The minimum absolute atomic E-state index is 0.0584. The van der Waals surface area contributed by atoms with Crippen LogP contribution in [0.2, 0.25) is 0 Å². The minimum Gasteiger partial charge on any atom is -0.298 e. The molecule has 0 unspecified atom stereocenters. The Bertz CT molecular complexity index is 1470. The maximum absolute atomic E-state index is 5.40. The summed E-state index contributed by atoms with van der Waals surface area (Å²) in [5, 5.41) is 1.11. The highest BCUT2D eigenvalue weighted by molar-refractivity contribution is 6.09. The van der Waals surface area contributed by atoms with Gasteiger partial charge in [-0.3, -0.25) is 4.40 Å². The number of hydrogen-bond donors (Lipinski definition) is 0. The molecular formula is C30H33N3. The van der Waals surface area contributed by atoms with Crippen molar-refractivity contribution >= 4 is 27.6 Å². The summed E-state index contributed by atoms with van der Waals surface area (Å²) >= 11 is 0. The van der Waals surface area contributed by atoms with Gasteiger partial charge in [0.15, 0.2) is 0 Å². The van der Waals surface area contributed by atoms with E-state index in [-0.39, 0.29) is 5.41 Å². The molecule has 2 aromatic carbocycles. The number of nitrogens with zero attached hydrogens (tertiary/aromatic N) is 3. The van der Waals surface area contributed by atoms with Gasteiger partial charge in [0, 0.05) is 17.1 Å². The molecule has 3 heteroatoms. The van der Waals surface area contributed by atoms with E-state index in [4.69, 9.17) is 9.97 Å². The van der Waals surface area contributed by atoms with Gasteiger partial charge in [0.1, 0.15) is 11.2 Å². The number of benzene rings is 2. The topological polar surface area (TPSA) is 30.2 Å². The van der Waals surface area contributed by atoms with E-state index in [9.17, 15) is 0 Å². The largest absolute Gasteiger partial charge is 0.298 e. The van der Waals surface area contributed by atoms with Crippen molar-refractivity contribution in [2.24, 2.45) is 0 Å². The van der Waals surface area contributed by atoms with E-state index in [1.807, 2.05) is 0 Å². The fraction of sp³-hybridized carbons (Fsp3) is 0.333. The molecule has 3 aromatic heterocycles. The van der Waals surface area contributed by atoms with Crippen molar-refractivity contribution in [2.45, 2.75) is 65.7 Å². The van der Waals surface area contributed by atoms with Gasteiger partial charge in [-0.05, 0) is 52.1 Å². The molecule has 5 rings (SSSR count). The first kappa shape index (κ1) is 21.6. The van der Waals surface area contributed by atoms with E-state index in [0.717, 1.165) is 33.3 Å². The van der Waals surface area contributed by atoms with Crippen molar-refractivity contribution in [3.8, 4) is 11.3 Å². The first-order chi connectivity index (χ1) is 15.7. The summed E-state index contributed by atoms with van der Waals surface area (Å²) in [5.74, 6) is 0.790. The van der Waals surface area contributed by atoms with Crippen LogP contribution in [0, 0.1) is 0 Å². The van der Waals surface area contributed by atoms with Crippen LogP contribution in [0.5, 0.6) is 0 Å². The SMILES string of the molecule is CC(C)c1cccc(C(C)C)c1-c1nc2cc(C(C)(C)C)ccc2c2nc3ccccn3c12. The smallest absolute Gasteiger partial charge is 0.137 e. The van der Waals surface area contributed by atoms with Crippen molar-refractivity contribution in [3.05, 3.63) is 77.5 Å². The summed E-state index contributed by atoms with van der Waals surface area (Å²) in [6.07, 6.45) is 2.11. The van der Waals surface area contributed by atoms with Crippen LogP contribution < -0.4 is 0 Å². The highest BCUT2D eigenvalue weighted by Crippen LogP contribution is 2.41. The van der Waals surface area contributed by atoms with Gasteiger partial charge in [0.2, 0.25) is 0 Å². The molecular weight excluding hydrogens is 402 g/mol. The van der Waals surface area contributed by atoms with Crippen LogP contribution in [0.3, 0.4) is 0 Å². The molecule has 3 heterocycles. The van der Waals surface area contributed by atoms with Crippen LogP contribution in [-0.4, -0.2) is 14.4 Å². The summed E-state index contributed by atoms with van der Waals surface area (Å²) in [7, 11) is 0. The molecule has 168 valence electrons. The molecule has 0 amide bonds. The average Bonchev–Trinajstić information content (AvgIpc) is 3.17. The van der Waals surface area contributed by atoms with Gasteiger partial charge in [-0.25, -0.2) is 9.97 Å². The lowest BCUT2D eigenvalue weighted by Gasteiger charge is -2.22. The number of hydrogen-bond acceptors (Lipinski definition) is 2. The Labute approximate surface area is 196 Å². The van der Waals surface area contributed by atoms with Crippen molar-refractivity contribution in [3.63, 3.8) is 0 Å². The summed E-state index contributed by atoms with van der Waals surface area (Å²) in [5.41, 5.74) is 10.4. The number of rotatable bonds is 3. The van der Waals surface area contributed by atoms with Gasteiger partial charge in [-0.1, -0.05) is 84.9 Å². The van der Waals surface area contributed by atoms with Crippen molar-refractivity contribution in [1.82, 2.24) is 14.4 Å². The zero-order valence-corrected chi connectivity index (χ0v) is 20.8. The lowest BCUT2D eigenvalue weighted by atomic mass is 9.85. The highest BCUT2D eigenvalue weighted by Gasteiger charge is 2.23. The second kappa shape index (κ2) is 7.69. The normalized spacial score (nSPS) is 12.6. The molecule has 33 heavy (non-hydrogen) atoms. The maximum atomic E-state index is 5.40. The predicted octanol–water partition coefficient (Wildman–Crippen LogP) is 8.25. The third-order valence-electron chi connectivity index (χ3n) is 6.72. The van der Waals surface area contributed by atoms with E-state index < -0.39 is 0 Å². The molecule has 0 N–H and O–H groups in total. The summed E-state index contributed by atoms with van der Waals surface area (Å²) < 4.78 is 2.20. The molecule has 0 saturated carbocycles.